The summed E-state index contributed by atoms with van der Waals surface area (Å²) in [6.07, 6.45) is 1.67. The molecular formula is C15H17BrClFN2O. The van der Waals surface area contributed by atoms with Crippen molar-refractivity contribution in [3.8, 4) is 0 Å². The summed E-state index contributed by atoms with van der Waals surface area (Å²) in [5.41, 5.74) is 0.911. The molecule has 1 atom stereocenters. The lowest BCUT2D eigenvalue weighted by Gasteiger charge is -2.34. The zero-order chi connectivity index (χ0) is 13.9. The van der Waals surface area contributed by atoms with Gasteiger partial charge in [-0.05, 0) is 35.9 Å². The van der Waals surface area contributed by atoms with Crippen LogP contribution in [0.4, 0.5) is 4.39 Å². The largest absolute Gasteiger partial charge is 0.467 e. The number of benzene rings is 1. The third-order valence-electron chi connectivity index (χ3n) is 3.53. The first-order chi connectivity index (χ1) is 9.74. The molecule has 1 fully saturated rings. The molecule has 1 aromatic carbocycles. The Hall–Kier alpha value is -0.880. The van der Waals surface area contributed by atoms with Crippen LogP contribution in [-0.2, 0) is 0 Å². The predicted octanol–water partition coefficient (Wildman–Crippen LogP) is 3.60. The highest BCUT2D eigenvalue weighted by molar-refractivity contribution is 9.10. The van der Waals surface area contributed by atoms with Crippen molar-refractivity contribution in [3.05, 3.63) is 58.2 Å². The van der Waals surface area contributed by atoms with E-state index >= 15 is 0 Å². The molecule has 1 saturated heterocycles. The van der Waals surface area contributed by atoms with Crippen molar-refractivity contribution < 1.29 is 8.81 Å². The second-order valence-corrected chi connectivity index (χ2v) is 5.82. The highest BCUT2D eigenvalue weighted by Crippen LogP contribution is 2.31. The summed E-state index contributed by atoms with van der Waals surface area (Å²) in [7, 11) is 0. The lowest BCUT2D eigenvalue weighted by molar-refractivity contribution is 0.180. The van der Waals surface area contributed by atoms with Crippen LogP contribution in [0.5, 0.6) is 0 Å². The summed E-state index contributed by atoms with van der Waals surface area (Å²) in [6, 6.07) is 8.79. The SMILES string of the molecule is Cl.Fc1cc(Br)cc([C@H](c2ccco2)N2CCNCC2)c1. The van der Waals surface area contributed by atoms with Gasteiger partial charge >= 0.3 is 0 Å². The molecule has 0 aliphatic carbocycles. The average molecular weight is 376 g/mol. The van der Waals surface area contributed by atoms with Gasteiger partial charge in [0, 0.05) is 30.7 Å². The van der Waals surface area contributed by atoms with E-state index in [1.165, 1.54) is 6.07 Å². The molecular weight excluding hydrogens is 359 g/mol. The molecule has 0 bridgehead atoms. The number of nitrogens with one attached hydrogen (secondary N) is 1. The van der Waals surface area contributed by atoms with Crippen LogP contribution in [-0.4, -0.2) is 31.1 Å². The number of nitrogens with zero attached hydrogens (tertiary/aromatic N) is 1. The van der Waals surface area contributed by atoms with Gasteiger partial charge in [0.25, 0.3) is 0 Å². The topological polar surface area (TPSA) is 28.4 Å². The number of piperazine rings is 1. The molecule has 21 heavy (non-hydrogen) atoms. The van der Waals surface area contributed by atoms with Crippen LogP contribution in [0.2, 0.25) is 0 Å². The molecule has 1 aromatic heterocycles. The van der Waals surface area contributed by atoms with E-state index in [0.717, 1.165) is 42.0 Å². The fraction of sp³-hybridized carbons (Fsp3) is 0.333. The van der Waals surface area contributed by atoms with Gasteiger partial charge < -0.3 is 9.73 Å². The summed E-state index contributed by atoms with van der Waals surface area (Å²) in [5, 5.41) is 3.33. The van der Waals surface area contributed by atoms with Gasteiger partial charge in [0.05, 0.1) is 12.3 Å². The molecule has 2 aromatic rings. The first-order valence-electron chi connectivity index (χ1n) is 6.68. The summed E-state index contributed by atoms with van der Waals surface area (Å²) in [4.78, 5) is 2.32. The highest BCUT2D eigenvalue weighted by Gasteiger charge is 2.26. The van der Waals surface area contributed by atoms with Crippen LogP contribution in [0.25, 0.3) is 0 Å². The Balaban J connectivity index is 0.00000161. The van der Waals surface area contributed by atoms with Gasteiger partial charge in [-0.1, -0.05) is 15.9 Å². The van der Waals surface area contributed by atoms with Crippen LogP contribution >= 0.6 is 28.3 Å². The van der Waals surface area contributed by atoms with Crippen molar-refractivity contribution in [3.63, 3.8) is 0 Å². The minimum atomic E-state index is -0.235. The van der Waals surface area contributed by atoms with Gasteiger partial charge in [0.1, 0.15) is 11.6 Å². The lowest BCUT2D eigenvalue weighted by Crippen LogP contribution is -2.45. The van der Waals surface area contributed by atoms with E-state index < -0.39 is 0 Å². The van der Waals surface area contributed by atoms with Gasteiger partial charge in [-0.3, -0.25) is 4.90 Å². The molecule has 0 amide bonds. The molecule has 3 rings (SSSR count). The van der Waals surface area contributed by atoms with Crippen molar-refractivity contribution in [1.82, 2.24) is 10.2 Å². The van der Waals surface area contributed by atoms with E-state index in [0.29, 0.717) is 0 Å². The summed E-state index contributed by atoms with van der Waals surface area (Å²) >= 11 is 3.37. The monoisotopic (exact) mass is 374 g/mol. The van der Waals surface area contributed by atoms with Gasteiger partial charge in [0.2, 0.25) is 0 Å². The normalized spacial score (nSPS) is 17.2. The second kappa shape index (κ2) is 7.40. The molecule has 6 heteroatoms. The van der Waals surface area contributed by atoms with E-state index in [-0.39, 0.29) is 24.3 Å². The van der Waals surface area contributed by atoms with Crippen LogP contribution in [0.3, 0.4) is 0 Å². The van der Waals surface area contributed by atoms with E-state index in [2.05, 4.69) is 26.1 Å². The Morgan fingerprint density at radius 1 is 1.24 bits per heavy atom. The number of hydrogen-bond acceptors (Lipinski definition) is 3. The predicted molar refractivity (Wildman–Crippen MR) is 86.3 cm³/mol. The van der Waals surface area contributed by atoms with Crippen molar-refractivity contribution in [1.29, 1.82) is 0 Å². The molecule has 0 unspecified atom stereocenters. The first kappa shape index (κ1) is 16.5. The summed E-state index contributed by atoms with van der Waals surface area (Å²) < 4.78 is 20.0. The van der Waals surface area contributed by atoms with E-state index in [1.54, 1.807) is 12.3 Å². The maximum absolute atomic E-state index is 13.7. The maximum atomic E-state index is 13.7. The van der Waals surface area contributed by atoms with Gasteiger partial charge in [0.15, 0.2) is 0 Å². The van der Waals surface area contributed by atoms with Gasteiger partial charge in [-0.2, -0.15) is 0 Å². The van der Waals surface area contributed by atoms with Gasteiger partial charge in [-0.15, -0.1) is 12.4 Å². The highest BCUT2D eigenvalue weighted by atomic mass is 79.9. The summed E-state index contributed by atoms with van der Waals surface area (Å²) in [5.74, 6) is 0.616. The Morgan fingerprint density at radius 2 is 2.00 bits per heavy atom. The van der Waals surface area contributed by atoms with E-state index in [4.69, 9.17) is 4.42 Å². The minimum Gasteiger partial charge on any atom is -0.467 e. The maximum Gasteiger partial charge on any atom is 0.125 e. The standard InChI is InChI=1S/C15H16BrFN2O.ClH/c16-12-8-11(9-13(17)10-12)15(14-2-1-7-20-14)19-5-3-18-4-6-19;/h1-2,7-10,15,18H,3-6H2;1H/t15-;/m1./s1. The number of furan rings is 1. The van der Waals surface area contributed by atoms with Crippen LogP contribution in [0.1, 0.15) is 17.4 Å². The molecule has 1 aliphatic heterocycles. The lowest BCUT2D eigenvalue weighted by atomic mass is 10.0. The fourth-order valence-electron chi connectivity index (χ4n) is 2.68. The van der Waals surface area contributed by atoms with E-state index in [9.17, 15) is 4.39 Å². The van der Waals surface area contributed by atoms with Crippen LogP contribution in [0, 0.1) is 5.82 Å². The van der Waals surface area contributed by atoms with Crippen molar-refractivity contribution in [2.24, 2.45) is 0 Å². The molecule has 114 valence electrons. The first-order valence-corrected chi connectivity index (χ1v) is 7.47. The number of hydrogen-bond donors (Lipinski definition) is 1. The molecule has 0 spiro atoms. The quantitative estimate of drug-likeness (QED) is 0.888. The smallest absolute Gasteiger partial charge is 0.125 e. The van der Waals surface area contributed by atoms with Gasteiger partial charge in [-0.25, -0.2) is 4.39 Å². The second-order valence-electron chi connectivity index (χ2n) is 4.91. The van der Waals surface area contributed by atoms with Crippen molar-refractivity contribution >= 4 is 28.3 Å². The molecule has 2 heterocycles. The zero-order valence-corrected chi connectivity index (χ0v) is 13.8. The summed E-state index contributed by atoms with van der Waals surface area (Å²) in [6.45, 7) is 3.71. The number of rotatable bonds is 3. The van der Waals surface area contributed by atoms with Crippen LogP contribution < -0.4 is 5.32 Å². The molecule has 1 aliphatic rings. The zero-order valence-electron chi connectivity index (χ0n) is 11.4. The Labute approximate surface area is 138 Å². The molecule has 3 nitrogen and oxygen atoms in total. The molecule has 0 saturated carbocycles. The Bertz CT molecular complexity index is 553. The van der Waals surface area contributed by atoms with Crippen molar-refractivity contribution in [2.75, 3.05) is 26.2 Å². The molecule has 1 N–H and O–H groups in total. The van der Waals surface area contributed by atoms with Crippen molar-refractivity contribution in [2.45, 2.75) is 6.04 Å². The minimum absolute atomic E-state index is 0. The average Bonchev–Trinajstić information content (AvgIpc) is 2.93. The molecule has 0 radical (unpaired) electrons. The van der Waals surface area contributed by atoms with E-state index in [1.807, 2.05) is 18.2 Å². The van der Waals surface area contributed by atoms with Crippen LogP contribution in [0.15, 0.2) is 45.5 Å². The Kier molecular flexibility index (Phi) is 5.81. The Morgan fingerprint density at radius 3 is 2.62 bits per heavy atom. The third kappa shape index (κ3) is 3.86. The number of halogens is 3. The fourth-order valence-corrected chi connectivity index (χ4v) is 3.16. The third-order valence-corrected chi connectivity index (χ3v) is 3.99.